The highest BCUT2D eigenvalue weighted by Crippen LogP contribution is 2.18. The van der Waals surface area contributed by atoms with Crippen molar-refractivity contribution >= 4 is 5.91 Å². The number of carbonyl (C=O) groups excluding carboxylic acids is 1. The third kappa shape index (κ3) is 3.11. The Kier molecular flexibility index (Phi) is 3.97. The molecule has 0 fully saturated rings. The Morgan fingerprint density at radius 2 is 2.00 bits per heavy atom. The van der Waals surface area contributed by atoms with Crippen molar-refractivity contribution in [2.45, 2.75) is 19.5 Å². The van der Waals surface area contributed by atoms with Gasteiger partial charge >= 0.3 is 0 Å². The summed E-state index contributed by atoms with van der Waals surface area (Å²) in [7, 11) is 0. The molecule has 2 N–H and O–H groups in total. The molecule has 0 spiro atoms. The number of rotatable bonds is 3. The van der Waals surface area contributed by atoms with E-state index in [1.54, 1.807) is 12.1 Å². The minimum atomic E-state index is -0.269. The maximum Gasteiger partial charge on any atom is 0.251 e. The largest absolute Gasteiger partial charge is 0.348 e. The predicted molar refractivity (Wildman–Crippen MR) is 79.4 cm³/mol. The molecular weight excluding hydrogens is 267 g/mol. The van der Waals surface area contributed by atoms with Crippen molar-refractivity contribution in [3.05, 3.63) is 70.5 Å². The Labute approximate surface area is 123 Å². The Bertz CT molecular complexity index is 652. The van der Waals surface area contributed by atoms with Gasteiger partial charge in [0, 0.05) is 18.7 Å². The molecule has 3 rings (SSSR count). The van der Waals surface area contributed by atoms with Gasteiger partial charge in [0.15, 0.2) is 0 Å². The summed E-state index contributed by atoms with van der Waals surface area (Å²) in [5.74, 6) is -0.340. The molecule has 1 amide bonds. The van der Waals surface area contributed by atoms with E-state index in [0.717, 1.165) is 36.2 Å². The van der Waals surface area contributed by atoms with Crippen LogP contribution in [-0.4, -0.2) is 12.5 Å². The van der Waals surface area contributed by atoms with Crippen molar-refractivity contribution in [1.82, 2.24) is 10.6 Å². The third-order valence-electron chi connectivity index (χ3n) is 3.75. The quantitative estimate of drug-likeness (QED) is 0.908. The molecule has 1 aliphatic rings. The summed E-state index contributed by atoms with van der Waals surface area (Å²) in [6, 6.07) is 12.0. The van der Waals surface area contributed by atoms with Crippen LogP contribution in [0.2, 0.25) is 0 Å². The molecule has 108 valence electrons. The van der Waals surface area contributed by atoms with Crippen LogP contribution in [0.15, 0.2) is 42.5 Å². The second kappa shape index (κ2) is 6.06. The second-order valence-corrected chi connectivity index (χ2v) is 5.18. The standard InChI is InChI=1S/C17H17FN2O/c18-14-6-4-12(5-7-14)10-20-17(21)16-3-1-2-13-11-19-9-8-15(13)16/h1-7,19H,8-11H2,(H,20,21). The number of nitrogens with one attached hydrogen (secondary N) is 2. The SMILES string of the molecule is O=C(NCc1ccc(F)cc1)c1cccc2c1CCNC2. The molecule has 0 bridgehead atoms. The van der Waals surface area contributed by atoms with Gasteiger partial charge in [-0.1, -0.05) is 24.3 Å². The number of fused-ring (bicyclic) bond motifs is 1. The highest BCUT2D eigenvalue weighted by atomic mass is 19.1. The Morgan fingerprint density at radius 1 is 1.19 bits per heavy atom. The van der Waals surface area contributed by atoms with Crippen LogP contribution < -0.4 is 10.6 Å². The van der Waals surface area contributed by atoms with Gasteiger partial charge in [-0.25, -0.2) is 4.39 Å². The smallest absolute Gasteiger partial charge is 0.251 e. The first kappa shape index (κ1) is 13.8. The van der Waals surface area contributed by atoms with Gasteiger partial charge < -0.3 is 10.6 Å². The Morgan fingerprint density at radius 3 is 2.81 bits per heavy atom. The molecule has 4 heteroatoms. The summed E-state index contributed by atoms with van der Waals surface area (Å²) >= 11 is 0. The molecule has 0 unspecified atom stereocenters. The summed E-state index contributed by atoms with van der Waals surface area (Å²) in [5, 5.41) is 6.21. The van der Waals surface area contributed by atoms with E-state index in [2.05, 4.69) is 16.7 Å². The van der Waals surface area contributed by atoms with Crippen molar-refractivity contribution in [3.63, 3.8) is 0 Å². The predicted octanol–water partition coefficient (Wildman–Crippen LogP) is 2.40. The molecule has 2 aromatic rings. The number of carbonyl (C=O) groups is 1. The van der Waals surface area contributed by atoms with E-state index in [1.807, 2.05) is 12.1 Å². The van der Waals surface area contributed by atoms with Crippen LogP contribution in [0.3, 0.4) is 0 Å². The zero-order valence-corrected chi connectivity index (χ0v) is 11.7. The van der Waals surface area contributed by atoms with Gasteiger partial charge in [0.25, 0.3) is 5.91 Å². The van der Waals surface area contributed by atoms with Crippen LogP contribution in [0.5, 0.6) is 0 Å². The van der Waals surface area contributed by atoms with E-state index in [0.29, 0.717) is 6.54 Å². The number of amides is 1. The normalized spacial score (nSPS) is 13.6. The topological polar surface area (TPSA) is 41.1 Å². The minimum Gasteiger partial charge on any atom is -0.348 e. The van der Waals surface area contributed by atoms with E-state index < -0.39 is 0 Å². The first-order valence-electron chi connectivity index (χ1n) is 7.08. The molecule has 0 aliphatic carbocycles. The van der Waals surface area contributed by atoms with Gasteiger partial charge in [0.1, 0.15) is 5.82 Å². The van der Waals surface area contributed by atoms with Gasteiger partial charge in [-0.15, -0.1) is 0 Å². The molecule has 3 nitrogen and oxygen atoms in total. The van der Waals surface area contributed by atoms with Crippen molar-refractivity contribution in [1.29, 1.82) is 0 Å². The van der Waals surface area contributed by atoms with Crippen molar-refractivity contribution in [3.8, 4) is 0 Å². The van der Waals surface area contributed by atoms with Crippen LogP contribution in [-0.2, 0) is 19.5 Å². The summed E-state index contributed by atoms with van der Waals surface area (Å²) < 4.78 is 12.8. The van der Waals surface area contributed by atoms with Crippen LogP contribution in [0.25, 0.3) is 0 Å². The van der Waals surface area contributed by atoms with Gasteiger partial charge in [-0.3, -0.25) is 4.79 Å². The highest BCUT2D eigenvalue weighted by molar-refractivity contribution is 5.96. The van der Waals surface area contributed by atoms with Gasteiger partial charge in [-0.05, 0) is 47.9 Å². The van der Waals surface area contributed by atoms with Crippen LogP contribution >= 0.6 is 0 Å². The maximum absolute atomic E-state index is 12.8. The third-order valence-corrected chi connectivity index (χ3v) is 3.75. The van der Waals surface area contributed by atoms with Crippen LogP contribution in [0.1, 0.15) is 27.0 Å². The average Bonchev–Trinajstić information content (AvgIpc) is 2.53. The van der Waals surface area contributed by atoms with E-state index in [4.69, 9.17) is 0 Å². The number of halogens is 1. The molecule has 21 heavy (non-hydrogen) atoms. The fourth-order valence-corrected chi connectivity index (χ4v) is 2.62. The fourth-order valence-electron chi connectivity index (χ4n) is 2.62. The second-order valence-electron chi connectivity index (χ2n) is 5.18. The van der Waals surface area contributed by atoms with E-state index in [-0.39, 0.29) is 11.7 Å². The first-order chi connectivity index (χ1) is 10.2. The van der Waals surface area contributed by atoms with E-state index in [9.17, 15) is 9.18 Å². The lowest BCUT2D eigenvalue weighted by Crippen LogP contribution is -2.29. The van der Waals surface area contributed by atoms with E-state index >= 15 is 0 Å². The highest BCUT2D eigenvalue weighted by Gasteiger charge is 2.16. The molecule has 0 radical (unpaired) electrons. The number of benzene rings is 2. The molecule has 0 aromatic heterocycles. The molecule has 2 aromatic carbocycles. The van der Waals surface area contributed by atoms with Crippen molar-refractivity contribution in [2.75, 3.05) is 6.54 Å². The van der Waals surface area contributed by atoms with Gasteiger partial charge in [0.05, 0.1) is 0 Å². The molecule has 1 aliphatic heterocycles. The number of hydrogen-bond acceptors (Lipinski definition) is 2. The molecule has 0 atom stereocenters. The van der Waals surface area contributed by atoms with Crippen LogP contribution in [0, 0.1) is 5.82 Å². The molecule has 1 heterocycles. The van der Waals surface area contributed by atoms with Crippen molar-refractivity contribution in [2.24, 2.45) is 0 Å². The lowest BCUT2D eigenvalue weighted by molar-refractivity contribution is 0.0949. The maximum atomic E-state index is 12.8. The Hall–Kier alpha value is -2.20. The molecule has 0 saturated carbocycles. The Balaban J connectivity index is 1.72. The van der Waals surface area contributed by atoms with E-state index in [1.165, 1.54) is 17.7 Å². The number of hydrogen-bond donors (Lipinski definition) is 2. The molecule has 0 saturated heterocycles. The zero-order chi connectivity index (χ0) is 14.7. The minimum absolute atomic E-state index is 0.0712. The monoisotopic (exact) mass is 284 g/mol. The first-order valence-corrected chi connectivity index (χ1v) is 7.08. The van der Waals surface area contributed by atoms with Gasteiger partial charge in [-0.2, -0.15) is 0 Å². The average molecular weight is 284 g/mol. The molecular formula is C17H17FN2O. The summed E-state index contributed by atoms with van der Waals surface area (Å²) in [6.07, 6.45) is 0.871. The summed E-state index contributed by atoms with van der Waals surface area (Å²) in [4.78, 5) is 12.4. The van der Waals surface area contributed by atoms with Gasteiger partial charge in [0.2, 0.25) is 0 Å². The fraction of sp³-hybridized carbons (Fsp3) is 0.235. The van der Waals surface area contributed by atoms with Crippen LogP contribution in [0.4, 0.5) is 4.39 Å². The summed E-state index contributed by atoms with van der Waals surface area (Å²) in [6.45, 7) is 2.12. The lowest BCUT2D eigenvalue weighted by atomic mass is 9.95. The van der Waals surface area contributed by atoms with Crippen molar-refractivity contribution < 1.29 is 9.18 Å². The zero-order valence-electron chi connectivity index (χ0n) is 11.7. The lowest BCUT2D eigenvalue weighted by Gasteiger charge is -2.20. The summed E-state index contributed by atoms with van der Waals surface area (Å²) in [5.41, 5.74) is 3.95.